The number of carbonyl (C=O) groups excluding carboxylic acids is 1. The van der Waals surface area contributed by atoms with Gasteiger partial charge in [-0.15, -0.1) is 0 Å². The van der Waals surface area contributed by atoms with Gasteiger partial charge < -0.3 is 0 Å². The quantitative estimate of drug-likeness (QED) is 0.410. The van der Waals surface area contributed by atoms with Crippen molar-refractivity contribution >= 4 is 18.0 Å². The molecular formula is C22H16N4O2S. The number of hydrogen-bond acceptors (Lipinski definition) is 5. The third-order valence-corrected chi connectivity index (χ3v) is 4.77. The van der Waals surface area contributed by atoms with Crippen molar-refractivity contribution in [2.75, 3.05) is 0 Å². The van der Waals surface area contributed by atoms with Crippen molar-refractivity contribution < 1.29 is 4.79 Å². The van der Waals surface area contributed by atoms with Gasteiger partial charge in [-0.25, -0.2) is 9.97 Å². The summed E-state index contributed by atoms with van der Waals surface area (Å²) in [4.78, 5) is 35.5. The second-order valence-electron chi connectivity index (χ2n) is 6.45. The minimum atomic E-state index is -0.244. The molecule has 0 aliphatic heterocycles. The molecule has 0 amide bonds. The zero-order valence-electron chi connectivity index (χ0n) is 15.3. The number of carbonyl (C=O) groups is 1. The fraction of sp³-hybridized carbons (Fsp3) is 0.0455. The highest BCUT2D eigenvalue weighted by Crippen LogP contribution is 2.15. The van der Waals surface area contributed by atoms with Crippen LogP contribution in [0.3, 0.4) is 0 Å². The van der Waals surface area contributed by atoms with Crippen LogP contribution in [0.2, 0.25) is 0 Å². The van der Waals surface area contributed by atoms with Gasteiger partial charge in [-0.05, 0) is 42.0 Å². The van der Waals surface area contributed by atoms with E-state index in [1.54, 1.807) is 59.6 Å². The van der Waals surface area contributed by atoms with Crippen LogP contribution in [0.5, 0.6) is 0 Å². The maximum atomic E-state index is 12.6. The Morgan fingerprint density at radius 3 is 2.31 bits per heavy atom. The standard InChI is InChI=1S/C22H16N4O2S/c27-20(16-4-2-1-3-5-16)17-6-8-19(9-7-17)26-13-18(21(28)25-22(26)29)10-15-11-23-14-24-12-15/h1-9,11-14H,10H2,(H,25,28,29). The number of hydrogen-bond donors (Lipinski definition) is 1. The Balaban J connectivity index is 1.66. The van der Waals surface area contributed by atoms with Crippen molar-refractivity contribution in [3.63, 3.8) is 0 Å². The van der Waals surface area contributed by atoms with Crippen LogP contribution in [-0.2, 0) is 6.42 Å². The first-order valence-electron chi connectivity index (χ1n) is 8.91. The van der Waals surface area contributed by atoms with Gasteiger partial charge in [-0.1, -0.05) is 30.3 Å². The van der Waals surface area contributed by atoms with Gasteiger partial charge in [0.05, 0.1) is 0 Å². The predicted octanol–water partition coefficient (Wildman–Crippen LogP) is 3.51. The molecule has 0 saturated heterocycles. The van der Waals surface area contributed by atoms with E-state index in [1.165, 1.54) is 6.33 Å². The Bertz CT molecular complexity index is 1260. The summed E-state index contributed by atoms with van der Waals surface area (Å²) < 4.78 is 2.00. The number of benzene rings is 2. The van der Waals surface area contributed by atoms with E-state index in [1.807, 2.05) is 18.2 Å². The Morgan fingerprint density at radius 2 is 1.62 bits per heavy atom. The summed E-state index contributed by atoms with van der Waals surface area (Å²) >= 11 is 5.32. The van der Waals surface area contributed by atoms with Crippen molar-refractivity contribution in [2.45, 2.75) is 6.42 Å². The zero-order chi connectivity index (χ0) is 20.2. The molecule has 29 heavy (non-hydrogen) atoms. The molecule has 4 aromatic rings. The van der Waals surface area contributed by atoms with Gasteiger partial charge >= 0.3 is 0 Å². The molecule has 2 aromatic carbocycles. The molecule has 2 aromatic heterocycles. The van der Waals surface area contributed by atoms with Crippen molar-refractivity contribution in [1.29, 1.82) is 0 Å². The van der Waals surface area contributed by atoms with Gasteiger partial charge in [0, 0.05) is 47.4 Å². The van der Waals surface area contributed by atoms with E-state index < -0.39 is 0 Å². The van der Waals surface area contributed by atoms with Crippen molar-refractivity contribution in [3.8, 4) is 5.69 Å². The number of ketones is 1. The Labute approximate surface area is 171 Å². The molecule has 0 radical (unpaired) electrons. The van der Waals surface area contributed by atoms with Crippen LogP contribution >= 0.6 is 12.2 Å². The molecule has 2 heterocycles. The van der Waals surface area contributed by atoms with E-state index >= 15 is 0 Å². The van der Waals surface area contributed by atoms with Gasteiger partial charge in [-0.3, -0.25) is 19.1 Å². The molecule has 0 fully saturated rings. The third-order valence-electron chi connectivity index (χ3n) is 4.47. The van der Waals surface area contributed by atoms with Gasteiger partial charge in [0.15, 0.2) is 10.6 Å². The minimum Gasteiger partial charge on any atom is -0.299 e. The molecule has 0 aliphatic rings. The summed E-state index contributed by atoms with van der Waals surface area (Å²) in [6.45, 7) is 0. The summed E-state index contributed by atoms with van der Waals surface area (Å²) in [6.07, 6.45) is 6.88. The molecule has 0 atom stereocenters. The SMILES string of the molecule is O=C(c1ccccc1)c1ccc(-n2cc(Cc3cncnc3)c(=O)[nH]c2=S)cc1. The summed E-state index contributed by atoms with van der Waals surface area (Å²) in [5.41, 5.74) is 3.08. The van der Waals surface area contributed by atoms with Crippen LogP contribution in [0.25, 0.3) is 5.69 Å². The second-order valence-corrected chi connectivity index (χ2v) is 6.84. The first kappa shape index (κ1) is 18.6. The van der Waals surface area contributed by atoms with E-state index in [0.29, 0.717) is 23.1 Å². The smallest absolute Gasteiger partial charge is 0.255 e. The number of nitrogens with one attached hydrogen (secondary N) is 1. The summed E-state index contributed by atoms with van der Waals surface area (Å²) in [5, 5.41) is 0. The van der Waals surface area contributed by atoms with E-state index in [0.717, 1.165) is 11.3 Å². The highest BCUT2D eigenvalue weighted by atomic mass is 32.1. The molecular weight excluding hydrogens is 384 g/mol. The van der Waals surface area contributed by atoms with Crippen LogP contribution < -0.4 is 5.56 Å². The van der Waals surface area contributed by atoms with E-state index in [4.69, 9.17) is 12.2 Å². The van der Waals surface area contributed by atoms with Gasteiger partial charge in [0.25, 0.3) is 5.56 Å². The maximum absolute atomic E-state index is 12.6. The summed E-state index contributed by atoms with van der Waals surface area (Å²) in [5.74, 6) is -0.0491. The van der Waals surface area contributed by atoms with Gasteiger partial charge in [0.1, 0.15) is 6.33 Å². The zero-order valence-corrected chi connectivity index (χ0v) is 16.1. The average molecular weight is 400 g/mol. The van der Waals surface area contributed by atoms with Crippen molar-refractivity contribution in [2.24, 2.45) is 0 Å². The molecule has 6 nitrogen and oxygen atoms in total. The van der Waals surface area contributed by atoms with Crippen LogP contribution in [0, 0.1) is 4.77 Å². The van der Waals surface area contributed by atoms with E-state index in [2.05, 4.69) is 15.0 Å². The Morgan fingerprint density at radius 1 is 0.966 bits per heavy atom. The average Bonchev–Trinajstić information content (AvgIpc) is 2.77. The summed E-state index contributed by atoms with van der Waals surface area (Å²) in [6, 6.07) is 16.2. The number of rotatable bonds is 5. The van der Waals surface area contributed by atoms with Crippen molar-refractivity contribution in [3.05, 3.63) is 117 Å². The predicted molar refractivity (Wildman–Crippen MR) is 112 cm³/mol. The fourth-order valence-electron chi connectivity index (χ4n) is 3.00. The Kier molecular flexibility index (Phi) is 5.22. The molecule has 0 spiro atoms. The molecule has 7 heteroatoms. The lowest BCUT2D eigenvalue weighted by molar-refractivity contribution is 0.103. The number of H-pyrrole nitrogens is 1. The molecule has 4 rings (SSSR count). The first-order chi connectivity index (χ1) is 14.1. The lowest BCUT2D eigenvalue weighted by atomic mass is 10.0. The molecule has 1 N–H and O–H groups in total. The van der Waals surface area contributed by atoms with Crippen molar-refractivity contribution in [1.82, 2.24) is 19.5 Å². The number of aromatic amines is 1. The molecule has 0 saturated carbocycles. The maximum Gasteiger partial charge on any atom is 0.255 e. The van der Waals surface area contributed by atoms with Gasteiger partial charge in [0.2, 0.25) is 0 Å². The largest absolute Gasteiger partial charge is 0.299 e. The highest BCUT2D eigenvalue weighted by molar-refractivity contribution is 7.71. The highest BCUT2D eigenvalue weighted by Gasteiger charge is 2.10. The second kappa shape index (κ2) is 8.12. The lowest BCUT2D eigenvalue weighted by Gasteiger charge is -2.10. The number of aromatic nitrogens is 4. The van der Waals surface area contributed by atoms with Crippen LogP contribution in [0.1, 0.15) is 27.0 Å². The molecule has 0 aliphatic carbocycles. The third kappa shape index (κ3) is 4.09. The monoisotopic (exact) mass is 400 g/mol. The topological polar surface area (TPSA) is 80.6 Å². The fourth-order valence-corrected chi connectivity index (χ4v) is 3.25. The Hall–Kier alpha value is -3.71. The lowest BCUT2D eigenvalue weighted by Crippen LogP contribution is -2.17. The van der Waals surface area contributed by atoms with E-state index in [-0.39, 0.29) is 16.1 Å². The van der Waals surface area contributed by atoms with E-state index in [9.17, 15) is 9.59 Å². The minimum absolute atomic E-state index is 0.0491. The molecule has 0 bridgehead atoms. The summed E-state index contributed by atoms with van der Waals surface area (Å²) in [7, 11) is 0. The van der Waals surface area contributed by atoms with Crippen LogP contribution in [-0.4, -0.2) is 25.3 Å². The van der Waals surface area contributed by atoms with Crippen LogP contribution in [0.15, 0.2) is 84.3 Å². The molecule has 0 unspecified atom stereocenters. The van der Waals surface area contributed by atoms with Gasteiger partial charge in [-0.2, -0.15) is 0 Å². The van der Waals surface area contributed by atoms with Crippen LogP contribution in [0.4, 0.5) is 0 Å². The molecule has 142 valence electrons. The normalized spacial score (nSPS) is 10.6. The number of nitrogens with zero attached hydrogens (tertiary/aromatic N) is 3. The first-order valence-corrected chi connectivity index (χ1v) is 9.31.